The van der Waals surface area contributed by atoms with Crippen molar-refractivity contribution in [1.29, 1.82) is 0 Å². The fourth-order valence-corrected chi connectivity index (χ4v) is 4.93. The Morgan fingerprint density at radius 2 is 1.92 bits per heavy atom. The van der Waals surface area contributed by atoms with E-state index in [9.17, 15) is 9.00 Å². The Hall–Kier alpha value is -4.58. The molecule has 0 saturated heterocycles. The van der Waals surface area contributed by atoms with Gasteiger partial charge in [0.15, 0.2) is 17.3 Å². The molecule has 0 saturated carbocycles. The van der Waals surface area contributed by atoms with Crippen molar-refractivity contribution in [2.45, 2.75) is 11.4 Å². The largest absolute Gasteiger partial charge is 0.321 e. The topological polar surface area (TPSA) is 125 Å². The van der Waals surface area contributed by atoms with E-state index in [2.05, 4.69) is 36.3 Å². The van der Waals surface area contributed by atoms with E-state index >= 15 is 0 Å². The van der Waals surface area contributed by atoms with E-state index < -0.39 is 9.73 Å². The number of nitrogens with zero attached hydrogens (tertiary/aromatic N) is 8. The second kappa shape index (κ2) is 9.23. The molecule has 0 aliphatic carbocycles. The Labute approximate surface area is 206 Å². The molecule has 12 heteroatoms. The molecule has 0 bridgehead atoms. The minimum Gasteiger partial charge on any atom is -0.321 e. The molecule has 0 amide bonds. The highest BCUT2D eigenvalue weighted by Gasteiger charge is 2.18. The van der Waals surface area contributed by atoms with Gasteiger partial charge in [-0.25, -0.2) is 23.5 Å². The number of hydrogen-bond donors (Lipinski definition) is 1. The zero-order valence-electron chi connectivity index (χ0n) is 19.6. The Balaban J connectivity index is 1.65. The van der Waals surface area contributed by atoms with E-state index in [1.165, 1.54) is 10.9 Å². The summed E-state index contributed by atoms with van der Waals surface area (Å²) in [4.78, 5) is 27.3. The number of allylic oxidation sites excluding steroid dienone is 1. The summed E-state index contributed by atoms with van der Waals surface area (Å²) in [6.45, 7) is 3.99. The van der Waals surface area contributed by atoms with Gasteiger partial charge in [0.1, 0.15) is 5.39 Å². The lowest BCUT2D eigenvalue weighted by Crippen LogP contribution is -2.22. The van der Waals surface area contributed by atoms with Crippen molar-refractivity contribution in [2.24, 2.45) is 11.4 Å². The van der Waals surface area contributed by atoms with Crippen LogP contribution in [-0.4, -0.2) is 44.6 Å². The normalized spacial score (nSPS) is 12.8. The van der Waals surface area contributed by atoms with Crippen molar-refractivity contribution in [3.05, 3.63) is 90.1 Å². The first kappa shape index (κ1) is 23.2. The van der Waals surface area contributed by atoms with Gasteiger partial charge in [-0.1, -0.05) is 30.3 Å². The standard InChI is InChI=1S/C24H23N9O2S/c1-4-13-32-23(34)19-15-25-24(27-17-14-26-31(2)16-17)29-22(19)33(32)21-12-8-11-20(28-21)30-36(3,35)18-9-6-5-7-10-18/h4-12,14-16H,1,13H2,2-3H3,(H,25,27,29)/t36-/m0/s1. The molecule has 0 aliphatic rings. The minimum absolute atomic E-state index is 0.220. The van der Waals surface area contributed by atoms with Gasteiger partial charge >= 0.3 is 0 Å². The highest BCUT2D eigenvalue weighted by atomic mass is 32.2. The summed E-state index contributed by atoms with van der Waals surface area (Å²) in [6, 6.07) is 14.2. The molecule has 0 aliphatic heterocycles. The van der Waals surface area contributed by atoms with E-state index in [1.807, 2.05) is 18.2 Å². The molecular weight excluding hydrogens is 478 g/mol. The molecule has 5 aromatic rings. The van der Waals surface area contributed by atoms with Gasteiger partial charge < -0.3 is 5.32 Å². The first-order valence-electron chi connectivity index (χ1n) is 11.0. The van der Waals surface area contributed by atoms with Crippen molar-refractivity contribution >= 4 is 38.2 Å². The third kappa shape index (κ3) is 4.41. The Bertz CT molecular complexity index is 1760. The van der Waals surface area contributed by atoms with Crippen molar-refractivity contribution in [3.8, 4) is 5.82 Å². The number of hydrogen-bond acceptors (Lipinski definition) is 8. The third-order valence-corrected chi connectivity index (χ3v) is 7.01. The number of benzene rings is 1. The van der Waals surface area contributed by atoms with Gasteiger partial charge in [0.25, 0.3) is 5.56 Å². The highest BCUT2D eigenvalue weighted by Crippen LogP contribution is 2.22. The monoisotopic (exact) mass is 501 g/mol. The number of aromatic nitrogens is 7. The summed E-state index contributed by atoms with van der Waals surface area (Å²) in [5.74, 6) is 0.951. The van der Waals surface area contributed by atoms with Crippen LogP contribution in [0.1, 0.15) is 0 Å². The second-order valence-corrected chi connectivity index (χ2v) is 10.3. The SMILES string of the molecule is C=CCn1c(=O)c2cnc(Nc3cnn(C)c3)nc2n1-c1cccc(N=[S@@](C)(=O)c2ccccc2)n1. The van der Waals surface area contributed by atoms with Gasteiger partial charge in [-0.2, -0.15) is 14.4 Å². The maximum atomic E-state index is 13.3. The lowest BCUT2D eigenvalue weighted by Gasteiger charge is -2.11. The Morgan fingerprint density at radius 3 is 2.64 bits per heavy atom. The minimum atomic E-state index is -2.73. The molecule has 36 heavy (non-hydrogen) atoms. The molecule has 0 unspecified atom stereocenters. The molecule has 5 rings (SSSR count). The van der Waals surface area contributed by atoms with Crippen molar-refractivity contribution in [2.75, 3.05) is 11.6 Å². The number of rotatable bonds is 7. The summed E-state index contributed by atoms with van der Waals surface area (Å²) < 4.78 is 22.4. The second-order valence-electron chi connectivity index (χ2n) is 8.01. The first-order chi connectivity index (χ1) is 17.4. The maximum absolute atomic E-state index is 13.3. The molecule has 182 valence electrons. The highest BCUT2D eigenvalue weighted by molar-refractivity contribution is 7.93. The van der Waals surface area contributed by atoms with Crippen LogP contribution in [-0.2, 0) is 23.3 Å². The van der Waals surface area contributed by atoms with Crippen LogP contribution >= 0.6 is 0 Å². The lowest BCUT2D eigenvalue weighted by atomic mass is 10.4. The van der Waals surface area contributed by atoms with Gasteiger partial charge in [-0.3, -0.25) is 9.48 Å². The number of fused-ring (bicyclic) bond motifs is 1. The predicted molar refractivity (Wildman–Crippen MR) is 138 cm³/mol. The van der Waals surface area contributed by atoms with Gasteiger partial charge in [-0.15, -0.1) is 6.58 Å². The van der Waals surface area contributed by atoms with Crippen LogP contribution in [0.4, 0.5) is 17.5 Å². The van der Waals surface area contributed by atoms with E-state index in [0.717, 1.165) is 0 Å². The van der Waals surface area contributed by atoms with E-state index in [4.69, 9.17) is 0 Å². The first-order valence-corrected chi connectivity index (χ1v) is 12.9. The number of pyridine rings is 1. The number of aryl methyl sites for hydroxylation is 1. The zero-order valence-corrected chi connectivity index (χ0v) is 20.5. The molecule has 0 spiro atoms. The molecule has 0 radical (unpaired) electrons. The average molecular weight is 502 g/mol. The van der Waals surface area contributed by atoms with Crippen LogP contribution < -0.4 is 10.9 Å². The molecule has 0 fully saturated rings. The van der Waals surface area contributed by atoms with Gasteiger partial charge in [0.05, 0.1) is 28.2 Å². The van der Waals surface area contributed by atoms with Crippen LogP contribution in [0.3, 0.4) is 0 Å². The maximum Gasteiger partial charge on any atom is 0.278 e. The van der Waals surface area contributed by atoms with E-state index in [-0.39, 0.29) is 17.9 Å². The van der Waals surface area contributed by atoms with E-state index in [1.54, 1.807) is 71.5 Å². The van der Waals surface area contributed by atoms with Crippen molar-refractivity contribution in [3.63, 3.8) is 0 Å². The summed E-state index contributed by atoms with van der Waals surface area (Å²) in [7, 11) is -0.930. The number of nitrogens with one attached hydrogen (secondary N) is 1. The zero-order chi connectivity index (χ0) is 25.3. The van der Waals surface area contributed by atoms with Crippen LogP contribution in [0, 0.1) is 0 Å². The lowest BCUT2D eigenvalue weighted by molar-refractivity contribution is 0.597. The smallest absolute Gasteiger partial charge is 0.278 e. The van der Waals surface area contributed by atoms with Crippen LogP contribution in [0.2, 0.25) is 0 Å². The molecule has 4 heterocycles. The average Bonchev–Trinajstić information content (AvgIpc) is 3.39. The molecule has 1 aromatic carbocycles. The summed E-state index contributed by atoms with van der Waals surface area (Å²) in [5.41, 5.74) is 0.771. The fraction of sp³-hybridized carbons (Fsp3) is 0.125. The predicted octanol–water partition coefficient (Wildman–Crippen LogP) is 3.43. The summed E-state index contributed by atoms with van der Waals surface area (Å²) in [6.07, 6.45) is 8.08. The van der Waals surface area contributed by atoms with Crippen LogP contribution in [0.15, 0.2) is 93.8 Å². The van der Waals surface area contributed by atoms with Gasteiger partial charge in [-0.05, 0) is 24.3 Å². The third-order valence-electron chi connectivity index (χ3n) is 5.32. The fourth-order valence-electron chi connectivity index (χ4n) is 3.71. The molecule has 4 aromatic heterocycles. The molecular formula is C24H23N9O2S. The van der Waals surface area contributed by atoms with Crippen molar-refractivity contribution in [1.82, 2.24) is 34.1 Å². The summed E-state index contributed by atoms with van der Waals surface area (Å²) in [5, 5.41) is 7.54. The van der Waals surface area contributed by atoms with Crippen LogP contribution in [0.25, 0.3) is 16.9 Å². The Morgan fingerprint density at radius 1 is 1.11 bits per heavy atom. The summed E-state index contributed by atoms with van der Waals surface area (Å²) >= 11 is 0. The molecule has 1 atom stereocenters. The van der Waals surface area contributed by atoms with Gasteiger partial charge in [0, 0.05) is 30.6 Å². The Kier molecular flexibility index (Phi) is 5.94. The molecule has 11 nitrogen and oxygen atoms in total. The molecule has 1 N–H and O–H groups in total. The van der Waals surface area contributed by atoms with Gasteiger partial charge in [0.2, 0.25) is 5.95 Å². The van der Waals surface area contributed by atoms with E-state index in [0.29, 0.717) is 33.4 Å². The quantitative estimate of drug-likeness (QED) is 0.339. The van der Waals surface area contributed by atoms with Crippen LogP contribution in [0.5, 0.6) is 0 Å². The number of anilines is 2. The van der Waals surface area contributed by atoms with Crippen molar-refractivity contribution < 1.29 is 4.21 Å².